The summed E-state index contributed by atoms with van der Waals surface area (Å²) in [6.45, 7) is 6.43. The zero-order chi connectivity index (χ0) is 13.1. The predicted octanol–water partition coefficient (Wildman–Crippen LogP) is 3.20. The Balaban J connectivity index is 0.00000121. The molecule has 0 heterocycles. The number of phenolic OH excluding ortho intramolecular Hbond substituents is 1. The zero-order valence-electron chi connectivity index (χ0n) is 10.8. The lowest BCUT2D eigenvalue weighted by Gasteiger charge is -2.05. The minimum absolute atomic E-state index is 0.125. The molecule has 0 saturated heterocycles. The maximum Gasteiger partial charge on any atom is 0.134 e. The van der Waals surface area contributed by atoms with Gasteiger partial charge in [-0.15, -0.1) is 0 Å². The maximum absolute atomic E-state index is 9.22. The normalized spacial score (nSPS) is 9.65. The number of methoxy groups -OCH3 is 1. The lowest BCUT2D eigenvalue weighted by atomic mass is 10.2. The fourth-order valence-corrected chi connectivity index (χ4v) is 1.44. The van der Waals surface area contributed by atoms with Gasteiger partial charge in [-0.2, -0.15) is 0 Å². The topological polar surface area (TPSA) is 41.5 Å². The van der Waals surface area contributed by atoms with Crippen molar-refractivity contribution in [3.8, 4) is 5.75 Å². The lowest BCUT2D eigenvalue weighted by molar-refractivity contribution is 0.194. The fraction of sp³-hybridized carbons (Fsp3) is 0.538. The number of phenols is 1. The highest BCUT2D eigenvalue weighted by atomic mass is 35.5. The van der Waals surface area contributed by atoms with Crippen LogP contribution in [0.5, 0.6) is 5.75 Å². The third kappa shape index (κ3) is 7.21. The van der Waals surface area contributed by atoms with E-state index in [4.69, 9.17) is 16.3 Å². The molecule has 1 aromatic carbocycles. The van der Waals surface area contributed by atoms with Crippen molar-refractivity contribution in [2.24, 2.45) is 0 Å². The number of nitrogens with one attached hydrogen (secondary N) is 1. The number of benzene rings is 1. The summed E-state index contributed by atoms with van der Waals surface area (Å²) in [6.07, 6.45) is 0.988. The summed E-state index contributed by atoms with van der Waals surface area (Å²) >= 11 is 5.78. The molecule has 0 unspecified atom stereocenters. The van der Waals surface area contributed by atoms with Crippen molar-refractivity contribution in [3.05, 3.63) is 28.8 Å². The second kappa shape index (κ2) is 10.4. The molecule has 98 valence electrons. The number of rotatable bonds is 6. The maximum atomic E-state index is 9.22. The molecule has 0 aromatic heterocycles. The molecular formula is C13H22ClNO2. The molecule has 1 rings (SSSR count). The fourth-order valence-electron chi connectivity index (χ4n) is 1.23. The predicted molar refractivity (Wildman–Crippen MR) is 72.7 cm³/mol. The third-order valence-corrected chi connectivity index (χ3v) is 2.35. The molecule has 0 saturated carbocycles. The van der Waals surface area contributed by atoms with Crippen molar-refractivity contribution in [1.82, 2.24) is 5.32 Å². The molecule has 0 amide bonds. The molecular weight excluding hydrogens is 238 g/mol. The Morgan fingerprint density at radius 1 is 1.35 bits per heavy atom. The minimum Gasteiger partial charge on any atom is -0.506 e. The van der Waals surface area contributed by atoms with Crippen molar-refractivity contribution < 1.29 is 9.84 Å². The van der Waals surface area contributed by atoms with E-state index in [1.165, 1.54) is 0 Å². The average molecular weight is 260 g/mol. The summed E-state index contributed by atoms with van der Waals surface area (Å²) in [5.41, 5.74) is 1.07. The van der Waals surface area contributed by atoms with Crippen LogP contribution in [0.4, 0.5) is 0 Å². The molecule has 0 aliphatic heterocycles. The molecule has 2 N–H and O–H groups in total. The van der Waals surface area contributed by atoms with E-state index in [-0.39, 0.29) is 5.75 Å². The van der Waals surface area contributed by atoms with Gasteiger partial charge in [0.2, 0.25) is 0 Å². The van der Waals surface area contributed by atoms with E-state index in [1.807, 2.05) is 19.9 Å². The molecule has 1 aromatic rings. The Morgan fingerprint density at radius 2 is 2.06 bits per heavy atom. The zero-order valence-corrected chi connectivity index (χ0v) is 11.5. The summed E-state index contributed by atoms with van der Waals surface area (Å²) in [7, 11) is 1.69. The highest BCUT2D eigenvalue weighted by Crippen LogP contribution is 2.23. The average Bonchev–Trinajstić information content (AvgIpc) is 2.36. The van der Waals surface area contributed by atoms with Crippen LogP contribution in [-0.2, 0) is 11.3 Å². The van der Waals surface area contributed by atoms with E-state index in [2.05, 4.69) is 5.32 Å². The smallest absolute Gasteiger partial charge is 0.134 e. The van der Waals surface area contributed by atoms with E-state index in [0.29, 0.717) is 5.02 Å². The molecule has 4 heteroatoms. The van der Waals surface area contributed by atoms with Crippen LogP contribution in [-0.4, -0.2) is 25.4 Å². The van der Waals surface area contributed by atoms with Crippen molar-refractivity contribution >= 4 is 11.6 Å². The van der Waals surface area contributed by atoms with Crippen LogP contribution in [0.3, 0.4) is 0 Å². The van der Waals surface area contributed by atoms with Crippen molar-refractivity contribution in [2.45, 2.75) is 26.8 Å². The highest BCUT2D eigenvalue weighted by Gasteiger charge is 1.99. The van der Waals surface area contributed by atoms with Gasteiger partial charge >= 0.3 is 0 Å². The van der Waals surface area contributed by atoms with Gasteiger partial charge in [0.15, 0.2) is 0 Å². The van der Waals surface area contributed by atoms with Crippen LogP contribution in [0.2, 0.25) is 5.02 Å². The first-order valence-electron chi connectivity index (χ1n) is 5.91. The molecule has 17 heavy (non-hydrogen) atoms. The van der Waals surface area contributed by atoms with Gasteiger partial charge < -0.3 is 15.2 Å². The van der Waals surface area contributed by atoms with E-state index in [9.17, 15) is 5.11 Å². The van der Waals surface area contributed by atoms with Gasteiger partial charge in [0.25, 0.3) is 0 Å². The Bertz CT molecular complexity index is 305. The summed E-state index contributed by atoms with van der Waals surface area (Å²) < 4.78 is 4.93. The number of hydrogen-bond acceptors (Lipinski definition) is 3. The summed E-state index contributed by atoms with van der Waals surface area (Å²) in [5, 5.41) is 12.9. The van der Waals surface area contributed by atoms with Gasteiger partial charge in [0, 0.05) is 20.3 Å². The standard InChI is InChI=1S/C11H16ClNO2.C2H6/c1-15-6-2-5-13-8-9-3-4-11(14)10(12)7-9;1-2/h3-4,7,13-14H,2,5-6,8H2,1H3;1-2H3. The van der Waals surface area contributed by atoms with Crippen LogP contribution in [0.25, 0.3) is 0 Å². The van der Waals surface area contributed by atoms with Crippen molar-refractivity contribution in [1.29, 1.82) is 0 Å². The third-order valence-electron chi connectivity index (χ3n) is 2.04. The quantitative estimate of drug-likeness (QED) is 0.771. The second-order valence-corrected chi connectivity index (χ2v) is 3.72. The molecule has 0 aliphatic carbocycles. The summed E-state index contributed by atoms with van der Waals surface area (Å²) in [5.74, 6) is 0.125. The molecule has 0 fully saturated rings. The van der Waals surface area contributed by atoms with Crippen molar-refractivity contribution in [2.75, 3.05) is 20.3 Å². The van der Waals surface area contributed by atoms with E-state index < -0.39 is 0 Å². The largest absolute Gasteiger partial charge is 0.506 e. The molecule has 0 spiro atoms. The first-order valence-corrected chi connectivity index (χ1v) is 6.29. The monoisotopic (exact) mass is 259 g/mol. The number of halogens is 1. The van der Waals surface area contributed by atoms with Crippen LogP contribution in [0.15, 0.2) is 18.2 Å². The van der Waals surface area contributed by atoms with Gasteiger partial charge in [0.1, 0.15) is 5.75 Å². The van der Waals surface area contributed by atoms with Gasteiger partial charge in [-0.25, -0.2) is 0 Å². The highest BCUT2D eigenvalue weighted by molar-refractivity contribution is 6.32. The lowest BCUT2D eigenvalue weighted by Crippen LogP contribution is -2.15. The first kappa shape index (κ1) is 16.2. The Kier molecular flexibility index (Phi) is 9.92. The number of ether oxygens (including phenoxy) is 1. The van der Waals surface area contributed by atoms with Crippen LogP contribution in [0, 0.1) is 0 Å². The summed E-state index contributed by atoms with van der Waals surface area (Å²) in [6, 6.07) is 5.22. The van der Waals surface area contributed by atoms with Gasteiger partial charge in [-0.1, -0.05) is 31.5 Å². The molecule has 0 atom stereocenters. The molecule has 0 aliphatic rings. The Morgan fingerprint density at radius 3 is 2.65 bits per heavy atom. The molecule has 0 bridgehead atoms. The second-order valence-electron chi connectivity index (χ2n) is 3.31. The first-order chi connectivity index (χ1) is 8.24. The van der Waals surface area contributed by atoms with E-state index in [1.54, 1.807) is 19.2 Å². The van der Waals surface area contributed by atoms with Gasteiger partial charge in [0.05, 0.1) is 5.02 Å². The Labute approximate surface area is 109 Å². The Hall–Kier alpha value is -0.770. The number of hydrogen-bond donors (Lipinski definition) is 2. The minimum atomic E-state index is 0.125. The SMILES string of the molecule is CC.COCCCNCc1ccc(O)c(Cl)c1. The van der Waals surface area contributed by atoms with E-state index in [0.717, 1.165) is 31.7 Å². The van der Waals surface area contributed by atoms with Crippen LogP contribution in [0.1, 0.15) is 25.8 Å². The van der Waals surface area contributed by atoms with Crippen molar-refractivity contribution in [3.63, 3.8) is 0 Å². The van der Waals surface area contributed by atoms with Crippen LogP contribution < -0.4 is 5.32 Å². The van der Waals surface area contributed by atoms with Crippen LogP contribution >= 0.6 is 11.6 Å². The molecule has 3 nitrogen and oxygen atoms in total. The van der Waals surface area contributed by atoms with Gasteiger partial charge in [-0.3, -0.25) is 0 Å². The molecule has 0 radical (unpaired) electrons. The number of aromatic hydroxyl groups is 1. The summed E-state index contributed by atoms with van der Waals surface area (Å²) in [4.78, 5) is 0. The van der Waals surface area contributed by atoms with Gasteiger partial charge in [-0.05, 0) is 30.7 Å². The van der Waals surface area contributed by atoms with E-state index >= 15 is 0 Å².